The van der Waals surface area contributed by atoms with E-state index in [1.54, 1.807) is 17.4 Å². The van der Waals surface area contributed by atoms with Gasteiger partial charge in [0.25, 0.3) is 0 Å². The van der Waals surface area contributed by atoms with Gasteiger partial charge in [-0.3, -0.25) is 0 Å². The average Bonchev–Trinajstić information content (AvgIpc) is 2.89. The fourth-order valence-corrected chi connectivity index (χ4v) is 2.64. The molecule has 2 heterocycles. The SMILES string of the molecule is CC(C)Oc1nc(Nc2ccc3ncsc3c2)ccc1N. The van der Waals surface area contributed by atoms with Gasteiger partial charge in [-0.1, -0.05) is 0 Å². The third-order valence-corrected chi connectivity index (χ3v) is 3.63. The topological polar surface area (TPSA) is 73.1 Å². The zero-order valence-electron chi connectivity index (χ0n) is 11.8. The number of pyridine rings is 1. The van der Waals surface area contributed by atoms with Crippen molar-refractivity contribution >= 4 is 38.7 Å². The van der Waals surface area contributed by atoms with Crippen LogP contribution < -0.4 is 15.8 Å². The Bertz CT molecular complexity index is 769. The molecule has 0 radical (unpaired) electrons. The van der Waals surface area contributed by atoms with Crippen molar-refractivity contribution < 1.29 is 4.74 Å². The Morgan fingerprint density at radius 3 is 2.90 bits per heavy atom. The molecule has 0 bridgehead atoms. The Morgan fingerprint density at radius 2 is 2.10 bits per heavy atom. The lowest BCUT2D eigenvalue weighted by Gasteiger charge is -2.13. The van der Waals surface area contributed by atoms with Gasteiger partial charge in [0.1, 0.15) is 5.82 Å². The van der Waals surface area contributed by atoms with E-state index < -0.39 is 0 Å². The molecule has 3 N–H and O–H groups in total. The van der Waals surface area contributed by atoms with Gasteiger partial charge in [0.2, 0.25) is 5.88 Å². The zero-order chi connectivity index (χ0) is 14.8. The van der Waals surface area contributed by atoms with Gasteiger partial charge in [-0.15, -0.1) is 11.3 Å². The van der Waals surface area contributed by atoms with Crippen molar-refractivity contribution in [2.75, 3.05) is 11.1 Å². The zero-order valence-corrected chi connectivity index (χ0v) is 12.6. The van der Waals surface area contributed by atoms with E-state index >= 15 is 0 Å². The summed E-state index contributed by atoms with van der Waals surface area (Å²) in [6, 6.07) is 9.63. The van der Waals surface area contributed by atoms with Crippen LogP contribution in [0.3, 0.4) is 0 Å². The van der Waals surface area contributed by atoms with Crippen LogP contribution in [0.2, 0.25) is 0 Å². The Morgan fingerprint density at radius 1 is 1.24 bits per heavy atom. The number of nitrogens with two attached hydrogens (primary N) is 1. The molecular weight excluding hydrogens is 284 g/mol. The van der Waals surface area contributed by atoms with E-state index in [2.05, 4.69) is 15.3 Å². The molecule has 6 heteroatoms. The summed E-state index contributed by atoms with van der Waals surface area (Å²) in [7, 11) is 0. The van der Waals surface area contributed by atoms with Crippen LogP contribution in [0.25, 0.3) is 10.2 Å². The number of ether oxygens (including phenoxy) is 1. The molecule has 2 aromatic heterocycles. The van der Waals surface area contributed by atoms with Gasteiger partial charge in [0.05, 0.1) is 27.5 Å². The molecule has 1 aromatic carbocycles. The Kier molecular flexibility index (Phi) is 3.62. The van der Waals surface area contributed by atoms with Crippen molar-refractivity contribution in [3.63, 3.8) is 0 Å². The Balaban J connectivity index is 1.86. The number of aromatic nitrogens is 2. The first-order valence-electron chi connectivity index (χ1n) is 6.65. The van der Waals surface area contributed by atoms with E-state index in [9.17, 15) is 0 Å². The van der Waals surface area contributed by atoms with E-state index in [1.807, 2.05) is 43.6 Å². The van der Waals surface area contributed by atoms with Crippen LogP contribution in [-0.2, 0) is 0 Å². The average molecular weight is 300 g/mol. The Labute approximate surface area is 126 Å². The molecule has 0 saturated carbocycles. The predicted octanol–water partition coefficient (Wildman–Crippen LogP) is 3.80. The highest BCUT2D eigenvalue weighted by molar-refractivity contribution is 7.16. The standard InChI is InChI=1S/C15H16N4OS/c1-9(2)20-15-11(16)4-6-14(19-15)18-10-3-5-12-13(7-10)21-8-17-12/h3-9H,16H2,1-2H3,(H,18,19). The first kappa shape index (κ1) is 13.6. The summed E-state index contributed by atoms with van der Waals surface area (Å²) in [5.74, 6) is 1.15. The lowest BCUT2D eigenvalue weighted by Crippen LogP contribution is -2.09. The van der Waals surface area contributed by atoms with Crippen LogP contribution in [0, 0.1) is 0 Å². The minimum absolute atomic E-state index is 0.0311. The number of thiazole rings is 1. The van der Waals surface area contributed by atoms with E-state index in [1.165, 1.54) is 0 Å². The van der Waals surface area contributed by atoms with Gasteiger partial charge in [-0.25, -0.2) is 4.98 Å². The molecule has 0 fully saturated rings. The minimum Gasteiger partial charge on any atom is -0.473 e. The quantitative estimate of drug-likeness (QED) is 0.766. The lowest BCUT2D eigenvalue weighted by molar-refractivity contribution is 0.234. The second-order valence-corrected chi connectivity index (χ2v) is 5.80. The summed E-state index contributed by atoms with van der Waals surface area (Å²) in [4.78, 5) is 8.67. The van der Waals surface area contributed by atoms with Crippen molar-refractivity contribution in [1.82, 2.24) is 9.97 Å². The van der Waals surface area contributed by atoms with E-state index in [0.29, 0.717) is 17.4 Å². The van der Waals surface area contributed by atoms with Gasteiger partial charge in [0.15, 0.2) is 0 Å². The molecule has 0 aliphatic heterocycles. The molecule has 3 aromatic rings. The van der Waals surface area contributed by atoms with Gasteiger partial charge in [-0.05, 0) is 44.2 Å². The lowest BCUT2D eigenvalue weighted by atomic mass is 10.3. The molecule has 0 saturated heterocycles. The van der Waals surface area contributed by atoms with Crippen LogP contribution in [0.4, 0.5) is 17.2 Å². The second kappa shape index (κ2) is 5.57. The number of hydrogen-bond donors (Lipinski definition) is 2. The maximum Gasteiger partial charge on any atom is 0.239 e. The third-order valence-electron chi connectivity index (χ3n) is 2.84. The maximum atomic E-state index is 5.87. The summed E-state index contributed by atoms with van der Waals surface area (Å²) in [6.07, 6.45) is 0.0311. The van der Waals surface area contributed by atoms with Crippen LogP contribution in [0.15, 0.2) is 35.8 Å². The number of fused-ring (bicyclic) bond motifs is 1. The highest BCUT2D eigenvalue weighted by Gasteiger charge is 2.07. The highest BCUT2D eigenvalue weighted by atomic mass is 32.1. The highest BCUT2D eigenvalue weighted by Crippen LogP contribution is 2.26. The number of benzene rings is 1. The molecule has 0 aliphatic carbocycles. The fourth-order valence-electron chi connectivity index (χ4n) is 1.92. The van der Waals surface area contributed by atoms with Crippen LogP contribution in [-0.4, -0.2) is 16.1 Å². The first-order chi connectivity index (χ1) is 10.1. The molecule has 0 atom stereocenters. The van der Waals surface area contributed by atoms with Crippen molar-refractivity contribution in [1.29, 1.82) is 0 Å². The number of nitrogen functional groups attached to an aromatic ring is 1. The van der Waals surface area contributed by atoms with Crippen LogP contribution in [0.5, 0.6) is 5.88 Å². The normalized spacial score (nSPS) is 11.0. The second-order valence-electron chi connectivity index (χ2n) is 4.92. The number of anilines is 3. The minimum atomic E-state index is 0.0311. The number of nitrogens with zero attached hydrogens (tertiary/aromatic N) is 2. The number of nitrogens with one attached hydrogen (secondary N) is 1. The molecule has 0 amide bonds. The van der Waals surface area contributed by atoms with Crippen LogP contribution >= 0.6 is 11.3 Å². The molecule has 5 nitrogen and oxygen atoms in total. The fraction of sp³-hybridized carbons (Fsp3) is 0.200. The monoisotopic (exact) mass is 300 g/mol. The van der Waals surface area contributed by atoms with Crippen molar-refractivity contribution in [3.05, 3.63) is 35.8 Å². The van der Waals surface area contributed by atoms with Gasteiger partial charge in [-0.2, -0.15) is 4.98 Å². The first-order valence-corrected chi connectivity index (χ1v) is 7.53. The smallest absolute Gasteiger partial charge is 0.239 e. The summed E-state index contributed by atoms with van der Waals surface area (Å²) in [6.45, 7) is 3.89. The predicted molar refractivity (Wildman–Crippen MR) is 87.3 cm³/mol. The largest absolute Gasteiger partial charge is 0.473 e. The number of hydrogen-bond acceptors (Lipinski definition) is 6. The summed E-state index contributed by atoms with van der Waals surface area (Å²) in [5.41, 5.74) is 10.2. The summed E-state index contributed by atoms with van der Waals surface area (Å²) in [5, 5.41) is 3.26. The van der Waals surface area contributed by atoms with Gasteiger partial charge in [0, 0.05) is 5.69 Å². The molecule has 0 unspecified atom stereocenters. The maximum absolute atomic E-state index is 5.87. The molecule has 0 spiro atoms. The summed E-state index contributed by atoms with van der Waals surface area (Å²) < 4.78 is 6.73. The molecular formula is C15H16N4OS. The van der Waals surface area contributed by atoms with Crippen molar-refractivity contribution in [2.45, 2.75) is 20.0 Å². The van der Waals surface area contributed by atoms with Gasteiger partial charge >= 0.3 is 0 Å². The van der Waals surface area contributed by atoms with E-state index in [-0.39, 0.29) is 6.10 Å². The van der Waals surface area contributed by atoms with Crippen molar-refractivity contribution in [2.24, 2.45) is 0 Å². The van der Waals surface area contributed by atoms with Gasteiger partial charge < -0.3 is 15.8 Å². The Hall–Kier alpha value is -2.34. The van der Waals surface area contributed by atoms with E-state index in [4.69, 9.17) is 10.5 Å². The summed E-state index contributed by atoms with van der Waals surface area (Å²) >= 11 is 1.61. The van der Waals surface area contributed by atoms with E-state index in [0.717, 1.165) is 15.9 Å². The van der Waals surface area contributed by atoms with Crippen LogP contribution in [0.1, 0.15) is 13.8 Å². The molecule has 108 valence electrons. The molecule has 0 aliphatic rings. The molecule has 21 heavy (non-hydrogen) atoms. The third kappa shape index (κ3) is 3.05. The number of rotatable bonds is 4. The van der Waals surface area contributed by atoms with Crippen molar-refractivity contribution in [3.8, 4) is 5.88 Å². The molecule has 3 rings (SSSR count).